The molecule has 0 bridgehead atoms. The average Bonchev–Trinajstić information content (AvgIpc) is 3.12. The SMILES string of the molecule is CC(CC1CC1)Nc1ccc(OCC#N)cc1. The molecule has 2 rings (SSSR count). The highest BCUT2D eigenvalue weighted by Gasteiger charge is 2.23. The number of hydrogen-bond donors (Lipinski definition) is 1. The van der Waals surface area contributed by atoms with Gasteiger partial charge in [0, 0.05) is 11.7 Å². The Kier molecular flexibility index (Phi) is 3.87. The molecule has 17 heavy (non-hydrogen) atoms. The molecule has 1 aliphatic carbocycles. The second kappa shape index (κ2) is 5.58. The van der Waals surface area contributed by atoms with Crippen LogP contribution in [0.2, 0.25) is 0 Å². The van der Waals surface area contributed by atoms with Gasteiger partial charge in [-0.25, -0.2) is 0 Å². The molecule has 1 aromatic carbocycles. The quantitative estimate of drug-likeness (QED) is 0.816. The van der Waals surface area contributed by atoms with E-state index in [1.54, 1.807) is 0 Å². The molecule has 1 fully saturated rings. The normalized spacial score (nSPS) is 16.0. The number of nitrogens with one attached hydrogen (secondary N) is 1. The fourth-order valence-corrected chi connectivity index (χ4v) is 1.96. The maximum atomic E-state index is 8.40. The molecule has 0 spiro atoms. The molecule has 0 radical (unpaired) electrons. The van der Waals surface area contributed by atoms with Crippen LogP contribution in [-0.4, -0.2) is 12.6 Å². The highest BCUT2D eigenvalue weighted by atomic mass is 16.5. The van der Waals surface area contributed by atoms with Crippen LogP contribution >= 0.6 is 0 Å². The fraction of sp³-hybridized carbons (Fsp3) is 0.500. The van der Waals surface area contributed by atoms with Gasteiger partial charge in [-0.15, -0.1) is 0 Å². The van der Waals surface area contributed by atoms with Gasteiger partial charge in [-0.2, -0.15) is 5.26 Å². The molecule has 0 heterocycles. The summed E-state index contributed by atoms with van der Waals surface area (Å²) in [7, 11) is 0. The van der Waals surface area contributed by atoms with E-state index in [0.29, 0.717) is 6.04 Å². The first-order chi connectivity index (χ1) is 8.28. The molecule has 1 unspecified atom stereocenters. The molecule has 1 aliphatic rings. The topological polar surface area (TPSA) is 45.0 Å². The van der Waals surface area contributed by atoms with E-state index >= 15 is 0 Å². The van der Waals surface area contributed by atoms with E-state index in [1.165, 1.54) is 19.3 Å². The van der Waals surface area contributed by atoms with Gasteiger partial charge in [0.1, 0.15) is 11.8 Å². The smallest absolute Gasteiger partial charge is 0.174 e. The number of anilines is 1. The van der Waals surface area contributed by atoms with Gasteiger partial charge in [-0.1, -0.05) is 12.8 Å². The van der Waals surface area contributed by atoms with Crippen LogP contribution in [0.4, 0.5) is 5.69 Å². The average molecular weight is 230 g/mol. The van der Waals surface area contributed by atoms with Crippen LogP contribution in [0.5, 0.6) is 5.75 Å². The van der Waals surface area contributed by atoms with Crippen molar-refractivity contribution in [3.63, 3.8) is 0 Å². The van der Waals surface area contributed by atoms with Crippen molar-refractivity contribution < 1.29 is 4.74 Å². The Morgan fingerprint density at radius 1 is 1.41 bits per heavy atom. The third kappa shape index (κ3) is 3.99. The number of ether oxygens (including phenoxy) is 1. The molecule has 0 aliphatic heterocycles. The molecule has 3 heteroatoms. The first kappa shape index (κ1) is 11.8. The van der Waals surface area contributed by atoms with Crippen LogP contribution < -0.4 is 10.1 Å². The summed E-state index contributed by atoms with van der Waals surface area (Å²) in [5.74, 6) is 1.68. The van der Waals surface area contributed by atoms with Gasteiger partial charge < -0.3 is 10.1 Å². The molecule has 3 nitrogen and oxygen atoms in total. The van der Waals surface area contributed by atoms with Crippen molar-refractivity contribution in [3.05, 3.63) is 24.3 Å². The van der Waals surface area contributed by atoms with Crippen LogP contribution in [0, 0.1) is 17.2 Å². The Labute approximate surface area is 102 Å². The van der Waals surface area contributed by atoms with Gasteiger partial charge in [-0.05, 0) is 43.5 Å². The Hall–Kier alpha value is -1.69. The zero-order valence-corrected chi connectivity index (χ0v) is 10.1. The van der Waals surface area contributed by atoms with Crippen LogP contribution in [0.1, 0.15) is 26.2 Å². The van der Waals surface area contributed by atoms with Crippen molar-refractivity contribution in [1.29, 1.82) is 5.26 Å². The van der Waals surface area contributed by atoms with Crippen LogP contribution in [-0.2, 0) is 0 Å². The molecule has 0 amide bonds. The van der Waals surface area contributed by atoms with Crippen molar-refractivity contribution in [2.24, 2.45) is 5.92 Å². The van der Waals surface area contributed by atoms with E-state index in [0.717, 1.165) is 17.4 Å². The molecular formula is C14H18N2O. The molecule has 0 aromatic heterocycles. The zero-order valence-electron chi connectivity index (χ0n) is 10.1. The molecule has 1 aromatic rings. The monoisotopic (exact) mass is 230 g/mol. The largest absolute Gasteiger partial charge is 0.479 e. The summed E-state index contributed by atoms with van der Waals surface area (Å²) in [5, 5.41) is 11.9. The summed E-state index contributed by atoms with van der Waals surface area (Å²) < 4.78 is 5.20. The van der Waals surface area contributed by atoms with Gasteiger partial charge in [0.05, 0.1) is 0 Å². The first-order valence-corrected chi connectivity index (χ1v) is 6.14. The summed E-state index contributed by atoms with van der Waals surface area (Å²) in [4.78, 5) is 0. The Morgan fingerprint density at radius 3 is 2.71 bits per heavy atom. The van der Waals surface area contributed by atoms with E-state index in [4.69, 9.17) is 10.00 Å². The van der Waals surface area contributed by atoms with E-state index in [1.807, 2.05) is 30.3 Å². The predicted molar refractivity (Wildman–Crippen MR) is 68.0 cm³/mol. The van der Waals surface area contributed by atoms with E-state index < -0.39 is 0 Å². The van der Waals surface area contributed by atoms with Crippen molar-refractivity contribution in [2.75, 3.05) is 11.9 Å². The lowest BCUT2D eigenvalue weighted by Crippen LogP contribution is -2.15. The van der Waals surface area contributed by atoms with Gasteiger partial charge in [0.2, 0.25) is 0 Å². The maximum absolute atomic E-state index is 8.40. The van der Waals surface area contributed by atoms with Crippen molar-refractivity contribution in [1.82, 2.24) is 0 Å². The minimum Gasteiger partial charge on any atom is -0.479 e. The molecule has 0 saturated heterocycles. The third-order valence-electron chi connectivity index (χ3n) is 2.95. The molecular weight excluding hydrogens is 212 g/mol. The Morgan fingerprint density at radius 2 is 2.12 bits per heavy atom. The Bertz CT molecular complexity index is 390. The summed E-state index contributed by atoms with van der Waals surface area (Å²) in [5.41, 5.74) is 1.11. The molecule has 1 saturated carbocycles. The summed E-state index contributed by atoms with van der Waals surface area (Å²) in [6.07, 6.45) is 4.05. The number of nitrogens with zero attached hydrogens (tertiary/aromatic N) is 1. The number of rotatable bonds is 6. The highest BCUT2D eigenvalue weighted by molar-refractivity contribution is 5.47. The van der Waals surface area contributed by atoms with E-state index in [-0.39, 0.29) is 6.61 Å². The lowest BCUT2D eigenvalue weighted by atomic mass is 10.1. The van der Waals surface area contributed by atoms with E-state index in [9.17, 15) is 0 Å². The molecule has 1 atom stereocenters. The summed E-state index contributed by atoms with van der Waals surface area (Å²) in [6.45, 7) is 2.32. The minimum absolute atomic E-state index is 0.102. The van der Waals surface area contributed by atoms with Crippen LogP contribution in [0.15, 0.2) is 24.3 Å². The molecule has 1 N–H and O–H groups in total. The second-order valence-corrected chi connectivity index (χ2v) is 4.70. The van der Waals surface area contributed by atoms with Crippen LogP contribution in [0.25, 0.3) is 0 Å². The predicted octanol–water partition coefficient (Wildman–Crippen LogP) is 3.19. The zero-order chi connectivity index (χ0) is 12.1. The van der Waals surface area contributed by atoms with E-state index in [2.05, 4.69) is 12.2 Å². The number of hydrogen-bond acceptors (Lipinski definition) is 3. The van der Waals surface area contributed by atoms with Crippen LogP contribution in [0.3, 0.4) is 0 Å². The minimum atomic E-state index is 0.102. The fourth-order valence-electron chi connectivity index (χ4n) is 1.96. The Balaban J connectivity index is 1.82. The van der Waals surface area contributed by atoms with Crippen molar-refractivity contribution in [2.45, 2.75) is 32.2 Å². The van der Waals surface area contributed by atoms with Crippen molar-refractivity contribution >= 4 is 5.69 Å². The van der Waals surface area contributed by atoms with Gasteiger partial charge >= 0.3 is 0 Å². The maximum Gasteiger partial charge on any atom is 0.174 e. The lowest BCUT2D eigenvalue weighted by molar-refractivity contribution is 0.368. The third-order valence-corrected chi connectivity index (χ3v) is 2.95. The molecule has 90 valence electrons. The number of benzene rings is 1. The first-order valence-electron chi connectivity index (χ1n) is 6.14. The summed E-state index contributed by atoms with van der Waals surface area (Å²) >= 11 is 0. The lowest BCUT2D eigenvalue weighted by Gasteiger charge is -2.15. The van der Waals surface area contributed by atoms with Gasteiger partial charge in [0.15, 0.2) is 6.61 Å². The second-order valence-electron chi connectivity index (χ2n) is 4.70. The number of nitriles is 1. The van der Waals surface area contributed by atoms with Gasteiger partial charge in [-0.3, -0.25) is 0 Å². The highest BCUT2D eigenvalue weighted by Crippen LogP contribution is 2.34. The summed E-state index contributed by atoms with van der Waals surface area (Å²) in [6, 6.07) is 10.3. The standard InChI is InChI=1S/C14H18N2O/c1-11(10-12-2-3-12)16-13-4-6-14(7-5-13)17-9-8-15/h4-7,11-12,16H,2-3,9-10H2,1H3. The van der Waals surface area contributed by atoms with Gasteiger partial charge in [0.25, 0.3) is 0 Å². The van der Waals surface area contributed by atoms with Crippen molar-refractivity contribution in [3.8, 4) is 11.8 Å².